The average Bonchev–Trinajstić information content (AvgIpc) is 3.41. The Kier molecular flexibility index (Phi) is 9.06. The number of carbonyl (C=O) groups excluding carboxylic acids is 2. The number of ether oxygens (including phenoxy) is 4. The first-order valence-corrected chi connectivity index (χ1v) is 14.0. The molecule has 2 aliphatic rings. The number of aromatic nitrogens is 2. The number of benzene rings is 2. The maximum absolute atomic E-state index is 13.5. The molecule has 2 atom stereocenters. The molecule has 220 valence electrons. The molecule has 1 aromatic heterocycles. The lowest BCUT2D eigenvalue weighted by Crippen LogP contribution is -2.35. The molecule has 0 N–H and O–H groups in total. The number of amides is 1. The Hall–Kier alpha value is -4.38. The normalized spacial score (nSPS) is 16.4. The van der Waals surface area contributed by atoms with Gasteiger partial charge in [-0.25, -0.2) is 14.2 Å². The molecular weight excluding hydrogens is 543 g/mol. The van der Waals surface area contributed by atoms with E-state index >= 15 is 0 Å². The fourth-order valence-electron chi connectivity index (χ4n) is 4.92. The lowest BCUT2D eigenvalue weighted by atomic mass is 10.1. The second-order valence-electron chi connectivity index (χ2n) is 10.1. The van der Waals surface area contributed by atoms with Crippen molar-refractivity contribution < 1.29 is 32.9 Å². The van der Waals surface area contributed by atoms with E-state index in [1.54, 1.807) is 42.3 Å². The first kappa shape index (κ1) is 29.1. The highest BCUT2D eigenvalue weighted by molar-refractivity contribution is 6.03. The minimum Gasteiger partial charge on any atom is -0.493 e. The van der Waals surface area contributed by atoms with Gasteiger partial charge in [-0.3, -0.25) is 9.79 Å². The third-order valence-electron chi connectivity index (χ3n) is 7.06. The number of esters is 1. The van der Waals surface area contributed by atoms with Gasteiger partial charge in [-0.1, -0.05) is 19.8 Å². The van der Waals surface area contributed by atoms with E-state index in [0.29, 0.717) is 41.3 Å². The molecule has 1 amide bonds. The molecule has 1 fully saturated rings. The number of hydrogen-bond donors (Lipinski definition) is 0. The van der Waals surface area contributed by atoms with E-state index in [4.69, 9.17) is 18.9 Å². The summed E-state index contributed by atoms with van der Waals surface area (Å²) in [5, 5.41) is 0. The lowest BCUT2D eigenvalue weighted by Gasteiger charge is -2.21. The third-order valence-corrected chi connectivity index (χ3v) is 7.06. The monoisotopic (exact) mass is 576 g/mol. The first-order valence-electron chi connectivity index (χ1n) is 14.0. The largest absolute Gasteiger partial charge is 0.493 e. The molecule has 11 heteroatoms. The number of hydrogen-bond acceptors (Lipinski definition) is 9. The van der Waals surface area contributed by atoms with Crippen molar-refractivity contribution >= 4 is 23.8 Å². The summed E-state index contributed by atoms with van der Waals surface area (Å²) in [6.45, 7) is 4.65. The number of aryl methyl sites for hydroxylation is 1. The van der Waals surface area contributed by atoms with Crippen molar-refractivity contribution in [2.75, 3.05) is 20.3 Å². The van der Waals surface area contributed by atoms with Gasteiger partial charge in [0.15, 0.2) is 11.5 Å². The molecule has 0 saturated carbocycles. The molecule has 1 saturated heterocycles. The van der Waals surface area contributed by atoms with Gasteiger partial charge in [0, 0.05) is 30.5 Å². The molecule has 5 rings (SSSR count). The van der Waals surface area contributed by atoms with Gasteiger partial charge in [-0.05, 0) is 56.5 Å². The van der Waals surface area contributed by atoms with Gasteiger partial charge in [-0.2, -0.15) is 4.98 Å². The predicted octanol–water partition coefficient (Wildman–Crippen LogP) is 5.44. The highest BCUT2D eigenvalue weighted by Crippen LogP contribution is 2.38. The van der Waals surface area contributed by atoms with Gasteiger partial charge in [0.05, 0.1) is 36.7 Å². The Morgan fingerprint density at radius 1 is 1.12 bits per heavy atom. The number of methoxy groups -OCH3 is 1. The Balaban J connectivity index is 1.40. The molecule has 2 aliphatic heterocycles. The van der Waals surface area contributed by atoms with E-state index in [9.17, 15) is 14.0 Å². The molecule has 42 heavy (non-hydrogen) atoms. The van der Waals surface area contributed by atoms with Crippen LogP contribution in [0.1, 0.15) is 55.2 Å². The van der Waals surface area contributed by atoms with Crippen LogP contribution in [0.5, 0.6) is 17.4 Å². The minimum atomic E-state index is -1.46. The van der Waals surface area contributed by atoms with Crippen LogP contribution in [0.25, 0.3) is 11.3 Å². The predicted molar refractivity (Wildman–Crippen MR) is 153 cm³/mol. The first-order chi connectivity index (χ1) is 20.4. The van der Waals surface area contributed by atoms with E-state index in [2.05, 4.69) is 21.9 Å². The van der Waals surface area contributed by atoms with Crippen LogP contribution in [-0.2, 0) is 9.53 Å². The van der Waals surface area contributed by atoms with Crippen LogP contribution in [0, 0.1) is 12.7 Å². The van der Waals surface area contributed by atoms with Crippen molar-refractivity contribution in [1.29, 1.82) is 0 Å². The van der Waals surface area contributed by atoms with Crippen molar-refractivity contribution in [2.45, 2.75) is 58.3 Å². The molecule has 3 heterocycles. The number of carbonyl (C=O) groups is 2. The van der Waals surface area contributed by atoms with E-state index in [1.165, 1.54) is 25.3 Å². The van der Waals surface area contributed by atoms with Crippen LogP contribution < -0.4 is 14.2 Å². The van der Waals surface area contributed by atoms with E-state index < -0.39 is 12.3 Å². The smallest absolute Gasteiger partial charge is 0.381 e. The summed E-state index contributed by atoms with van der Waals surface area (Å²) in [5.41, 5.74) is 1.90. The number of nitrogens with zero attached hydrogens (tertiary/aromatic N) is 4. The lowest BCUT2D eigenvalue weighted by molar-refractivity contribution is -0.168. The molecule has 2 unspecified atom stereocenters. The van der Waals surface area contributed by atoms with Crippen LogP contribution in [0.4, 0.5) is 10.1 Å². The summed E-state index contributed by atoms with van der Waals surface area (Å²) in [6, 6.07) is 10.4. The van der Waals surface area contributed by atoms with E-state index in [-0.39, 0.29) is 41.8 Å². The molecule has 2 aromatic carbocycles. The fraction of sp³-hybridized carbons (Fsp3) is 0.387. The van der Waals surface area contributed by atoms with Crippen LogP contribution in [0.3, 0.4) is 0 Å². The van der Waals surface area contributed by atoms with Gasteiger partial charge in [0.1, 0.15) is 11.6 Å². The summed E-state index contributed by atoms with van der Waals surface area (Å²) in [5.74, 6) is -0.599. The van der Waals surface area contributed by atoms with Crippen LogP contribution >= 0.6 is 0 Å². The zero-order valence-corrected chi connectivity index (χ0v) is 23.8. The molecule has 0 bridgehead atoms. The summed E-state index contributed by atoms with van der Waals surface area (Å²) >= 11 is 0. The summed E-state index contributed by atoms with van der Waals surface area (Å²) in [7, 11) is 1.43. The highest BCUT2D eigenvalue weighted by Gasteiger charge is 2.33. The Bertz CT molecular complexity index is 1480. The molecule has 0 aliphatic carbocycles. The van der Waals surface area contributed by atoms with Crippen molar-refractivity contribution in [2.24, 2.45) is 4.99 Å². The zero-order chi connectivity index (χ0) is 29.6. The van der Waals surface area contributed by atoms with Gasteiger partial charge in [0.2, 0.25) is 5.88 Å². The molecule has 3 aromatic rings. The maximum Gasteiger partial charge on any atom is 0.381 e. The SMILES string of the molecule is CCCCCOC(Oc1cc(-c2ccc(F)cc2)nc(C)n1)C(=O)Oc1cc2c(cc1OC)C(=O)N1CCCC1C=N2. The molecule has 10 nitrogen and oxygen atoms in total. The Labute approximate surface area is 243 Å². The van der Waals surface area contributed by atoms with Gasteiger partial charge in [0.25, 0.3) is 5.91 Å². The Morgan fingerprint density at radius 2 is 1.93 bits per heavy atom. The minimum absolute atomic E-state index is 0.0627. The number of halogens is 1. The van der Waals surface area contributed by atoms with Gasteiger partial charge < -0.3 is 23.8 Å². The van der Waals surface area contributed by atoms with Crippen molar-refractivity contribution in [3.05, 3.63) is 59.7 Å². The second-order valence-corrected chi connectivity index (χ2v) is 10.1. The van der Waals surface area contributed by atoms with Crippen molar-refractivity contribution in [1.82, 2.24) is 14.9 Å². The van der Waals surface area contributed by atoms with Crippen LogP contribution in [0.2, 0.25) is 0 Å². The highest BCUT2D eigenvalue weighted by atomic mass is 19.1. The average molecular weight is 577 g/mol. The van der Waals surface area contributed by atoms with Crippen molar-refractivity contribution in [3.8, 4) is 28.6 Å². The molecular formula is C31H33FN4O6. The van der Waals surface area contributed by atoms with Crippen molar-refractivity contribution in [3.63, 3.8) is 0 Å². The quantitative estimate of drug-likeness (QED) is 0.128. The van der Waals surface area contributed by atoms with Crippen LogP contribution in [-0.4, -0.2) is 65.6 Å². The topological polar surface area (TPSA) is 112 Å². The summed E-state index contributed by atoms with van der Waals surface area (Å²) in [6.07, 6.45) is 4.65. The third kappa shape index (κ3) is 6.57. The summed E-state index contributed by atoms with van der Waals surface area (Å²) < 4.78 is 36.4. The summed E-state index contributed by atoms with van der Waals surface area (Å²) in [4.78, 5) is 41.7. The van der Waals surface area contributed by atoms with E-state index in [1.807, 2.05) is 0 Å². The second kappa shape index (κ2) is 13.1. The van der Waals surface area contributed by atoms with E-state index in [0.717, 1.165) is 25.7 Å². The number of rotatable bonds is 11. The standard InChI is InChI=1S/C31H33FN4O6/c1-4-5-6-14-40-31(42-28-17-24(34-19(2)35-28)20-9-11-21(32)12-10-20)30(38)41-27-16-25-23(15-26(27)39-3)29(37)36-13-7-8-22(36)18-33-25/h9-12,15-18,22,31H,4-8,13-14H2,1-3H3. The maximum atomic E-state index is 13.5. The molecule has 0 spiro atoms. The zero-order valence-electron chi connectivity index (χ0n) is 23.8. The fourth-order valence-corrected chi connectivity index (χ4v) is 4.92. The van der Waals surface area contributed by atoms with Gasteiger partial charge >= 0.3 is 12.3 Å². The van der Waals surface area contributed by atoms with Gasteiger partial charge in [-0.15, -0.1) is 0 Å². The number of unbranched alkanes of at least 4 members (excludes halogenated alkanes) is 2. The number of aliphatic imine (C=N–C) groups is 1. The van der Waals surface area contributed by atoms with Crippen LogP contribution in [0.15, 0.2) is 47.5 Å². The Morgan fingerprint density at radius 3 is 2.69 bits per heavy atom. The number of fused-ring (bicyclic) bond motifs is 2. The molecule has 0 radical (unpaired) electrons.